The van der Waals surface area contributed by atoms with Crippen LogP contribution >= 0.6 is 0 Å². The van der Waals surface area contributed by atoms with Gasteiger partial charge in [0.1, 0.15) is 0 Å². The number of aromatic nitrogens is 3. The Balaban J connectivity index is 1.08. The predicted octanol–water partition coefficient (Wildman–Crippen LogP) is 15.0. The molecule has 0 bridgehead atoms. The third-order valence-corrected chi connectivity index (χ3v) is 11.6. The quantitative estimate of drug-likeness (QED) is 0.162. The zero-order valence-electron chi connectivity index (χ0n) is 32.7. The maximum Gasteiger partial charge on any atom is 0.164 e. The van der Waals surface area contributed by atoms with Crippen LogP contribution in [0.3, 0.4) is 0 Å². The molecule has 3 nitrogen and oxygen atoms in total. The SMILES string of the molecule is c1ccc(-c2nc(-c3ccccc3-c3ccccc3)nc(-c3ccc(-c4ccc(-c5ccc(-c6ccccc6)c6ccccc56)c5ccccc45)c4ccccc34)n2)cc1. The van der Waals surface area contributed by atoms with Gasteiger partial charge in [0.05, 0.1) is 0 Å². The molecule has 0 aliphatic carbocycles. The highest BCUT2D eigenvalue weighted by Gasteiger charge is 2.20. The van der Waals surface area contributed by atoms with E-state index in [9.17, 15) is 0 Å². The standard InChI is InChI=1S/C57H37N3/c1-4-18-38(19-5-1)41-24-10-17-31-53(41)56-58-55(40-22-8-3-9-23-40)59-57(60-56)54-37-36-52(47-29-15-16-30-48(47)54)51-35-34-50(45-27-13-14-28-46(45)51)49-33-32-42(39-20-6-2-7-21-39)43-25-11-12-26-44(43)49/h1-37H. The molecule has 10 aromatic carbocycles. The number of rotatable bonds is 7. The van der Waals surface area contributed by atoms with Crippen molar-refractivity contribution < 1.29 is 0 Å². The lowest BCUT2D eigenvalue weighted by atomic mass is 9.87. The summed E-state index contributed by atoms with van der Waals surface area (Å²) in [5.41, 5.74) is 12.3. The fourth-order valence-electron chi connectivity index (χ4n) is 8.78. The summed E-state index contributed by atoms with van der Waals surface area (Å²) < 4.78 is 0. The van der Waals surface area contributed by atoms with Gasteiger partial charge in [-0.1, -0.05) is 218 Å². The van der Waals surface area contributed by atoms with Crippen LogP contribution in [0.25, 0.3) is 111 Å². The van der Waals surface area contributed by atoms with E-state index in [4.69, 9.17) is 15.0 Å². The molecule has 3 heteroatoms. The Morgan fingerprint density at radius 3 is 0.917 bits per heavy atom. The van der Waals surface area contributed by atoms with Crippen molar-refractivity contribution in [2.45, 2.75) is 0 Å². The summed E-state index contributed by atoms with van der Waals surface area (Å²) in [7, 11) is 0. The summed E-state index contributed by atoms with van der Waals surface area (Å²) in [4.78, 5) is 15.6. The Bertz CT molecular complexity index is 3360. The predicted molar refractivity (Wildman–Crippen MR) is 250 cm³/mol. The Labute approximate surface area is 349 Å². The number of hydrogen-bond acceptors (Lipinski definition) is 3. The van der Waals surface area contributed by atoms with Crippen molar-refractivity contribution in [1.82, 2.24) is 15.0 Å². The topological polar surface area (TPSA) is 38.7 Å². The normalized spacial score (nSPS) is 11.3. The first kappa shape index (κ1) is 35.2. The fourth-order valence-corrected chi connectivity index (χ4v) is 8.78. The van der Waals surface area contributed by atoms with Crippen molar-refractivity contribution in [3.63, 3.8) is 0 Å². The Hall–Kier alpha value is -8.01. The maximum atomic E-state index is 5.26. The number of fused-ring (bicyclic) bond motifs is 3. The average Bonchev–Trinajstić information content (AvgIpc) is 3.34. The van der Waals surface area contributed by atoms with Crippen molar-refractivity contribution >= 4 is 32.3 Å². The minimum absolute atomic E-state index is 0.635. The summed E-state index contributed by atoms with van der Waals surface area (Å²) in [6.45, 7) is 0. The molecule has 0 saturated heterocycles. The van der Waals surface area contributed by atoms with Gasteiger partial charge in [-0.25, -0.2) is 15.0 Å². The Morgan fingerprint density at radius 1 is 0.167 bits per heavy atom. The van der Waals surface area contributed by atoms with E-state index in [1.165, 1.54) is 49.4 Å². The molecule has 0 atom stereocenters. The van der Waals surface area contributed by atoms with Crippen molar-refractivity contribution in [3.8, 4) is 78.7 Å². The van der Waals surface area contributed by atoms with Gasteiger partial charge in [-0.2, -0.15) is 0 Å². The van der Waals surface area contributed by atoms with Gasteiger partial charge >= 0.3 is 0 Å². The van der Waals surface area contributed by atoms with Crippen LogP contribution in [0.5, 0.6) is 0 Å². The van der Waals surface area contributed by atoms with Gasteiger partial charge in [0.25, 0.3) is 0 Å². The molecule has 1 heterocycles. The highest BCUT2D eigenvalue weighted by Crippen LogP contribution is 2.43. The van der Waals surface area contributed by atoms with Crippen LogP contribution in [0, 0.1) is 0 Å². The van der Waals surface area contributed by atoms with E-state index in [2.05, 4.69) is 200 Å². The van der Waals surface area contributed by atoms with Crippen LogP contribution < -0.4 is 0 Å². The lowest BCUT2D eigenvalue weighted by molar-refractivity contribution is 1.08. The average molecular weight is 764 g/mol. The summed E-state index contributed by atoms with van der Waals surface area (Å²) >= 11 is 0. The summed E-state index contributed by atoms with van der Waals surface area (Å²) in [6.07, 6.45) is 0. The molecule has 0 N–H and O–H groups in total. The second-order valence-electron chi connectivity index (χ2n) is 15.1. The first-order chi connectivity index (χ1) is 29.8. The second kappa shape index (κ2) is 15.1. The minimum Gasteiger partial charge on any atom is -0.208 e. The molecule has 0 unspecified atom stereocenters. The summed E-state index contributed by atoms with van der Waals surface area (Å²) in [6, 6.07) is 79.5. The van der Waals surface area contributed by atoms with Crippen LogP contribution in [0.1, 0.15) is 0 Å². The van der Waals surface area contributed by atoms with E-state index in [-0.39, 0.29) is 0 Å². The second-order valence-corrected chi connectivity index (χ2v) is 15.1. The molecule has 0 aliphatic rings. The van der Waals surface area contributed by atoms with Crippen LogP contribution in [0.2, 0.25) is 0 Å². The number of nitrogens with zero attached hydrogens (tertiary/aromatic N) is 3. The highest BCUT2D eigenvalue weighted by atomic mass is 15.0. The molecule has 280 valence electrons. The monoisotopic (exact) mass is 763 g/mol. The third kappa shape index (κ3) is 6.21. The third-order valence-electron chi connectivity index (χ3n) is 11.6. The summed E-state index contributed by atoms with van der Waals surface area (Å²) in [5.74, 6) is 1.91. The number of hydrogen-bond donors (Lipinski definition) is 0. The van der Waals surface area contributed by atoms with Crippen molar-refractivity contribution in [1.29, 1.82) is 0 Å². The fraction of sp³-hybridized carbons (Fsp3) is 0. The van der Waals surface area contributed by atoms with Gasteiger partial charge in [-0.15, -0.1) is 0 Å². The van der Waals surface area contributed by atoms with Crippen LogP contribution in [0.4, 0.5) is 0 Å². The smallest absolute Gasteiger partial charge is 0.164 e. The zero-order chi connectivity index (χ0) is 39.8. The molecule has 0 amide bonds. The van der Waals surface area contributed by atoms with Gasteiger partial charge in [0, 0.05) is 16.7 Å². The van der Waals surface area contributed by atoms with E-state index in [1.54, 1.807) is 0 Å². The molecule has 60 heavy (non-hydrogen) atoms. The van der Waals surface area contributed by atoms with Crippen LogP contribution in [-0.4, -0.2) is 15.0 Å². The number of benzene rings is 10. The first-order valence-electron chi connectivity index (χ1n) is 20.4. The van der Waals surface area contributed by atoms with E-state index >= 15 is 0 Å². The Kier molecular flexibility index (Phi) is 8.83. The molecule has 0 radical (unpaired) electrons. The van der Waals surface area contributed by atoms with Gasteiger partial charge in [0.2, 0.25) is 0 Å². The van der Waals surface area contributed by atoms with Crippen LogP contribution in [-0.2, 0) is 0 Å². The maximum absolute atomic E-state index is 5.26. The van der Waals surface area contributed by atoms with E-state index in [1.807, 2.05) is 24.3 Å². The van der Waals surface area contributed by atoms with E-state index < -0.39 is 0 Å². The molecular weight excluding hydrogens is 727 g/mol. The summed E-state index contributed by atoms with van der Waals surface area (Å²) in [5, 5.41) is 7.13. The van der Waals surface area contributed by atoms with E-state index in [0.717, 1.165) is 44.2 Å². The van der Waals surface area contributed by atoms with Crippen molar-refractivity contribution in [3.05, 3.63) is 224 Å². The van der Waals surface area contributed by atoms with Gasteiger partial charge in [-0.3, -0.25) is 0 Å². The first-order valence-corrected chi connectivity index (χ1v) is 20.4. The molecular formula is C57H37N3. The molecule has 0 aliphatic heterocycles. The van der Waals surface area contributed by atoms with Gasteiger partial charge in [-0.05, 0) is 82.9 Å². The minimum atomic E-state index is 0.635. The van der Waals surface area contributed by atoms with Gasteiger partial charge in [0.15, 0.2) is 17.5 Å². The largest absolute Gasteiger partial charge is 0.208 e. The van der Waals surface area contributed by atoms with Crippen molar-refractivity contribution in [2.75, 3.05) is 0 Å². The molecule has 0 spiro atoms. The van der Waals surface area contributed by atoms with Gasteiger partial charge < -0.3 is 0 Å². The molecule has 0 saturated carbocycles. The van der Waals surface area contributed by atoms with Crippen molar-refractivity contribution in [2.24, 2.45) is 0 Å². The molecule has 1 aromatic heterocycles. The molecule has 11 rings (SSSR count). The lowest BCUT2D eigenvalue weighted by Crippen LogP contribution is -2.01. The highest BCUT2D eigenvalue weighted by molar-refractivity contribution is 6.15. The zero-order valence-corrected chi connectivity index (χ0v) is 32.7. The van der Waals surface area contributed by atoms with E-state index in [0.29, 0.717) is 17.5 Å². The lowest BCUT2D eigenvalue weighted by Gasteiger charge is -2.17. The Morgan fingerprint density at radius 2 is 0.450 bits per heavy atom. The molecule has 11 aromatic rings. The van der Waals surface area contributed by atoms with Crippen LogP contribution in [0.15, 0.2) is 224 Å². The molecule has 0 fully saturated rings.